The third kappa shape index (κ3) is 15.0. The number of hydrogen-bond acceptors (Lipinski definition) is 6. The largest absolute Gasteiger partial charge is 0.550 e. The van der Waals surface area contributed by atoms with Gasteiger partial charge >= 0.3 is 11.9 Å². The summed E-state index contributed by atoms with van der Waals surface area (Å²) in [4.78, 5) is 31.9. The molecule has 8 nitrogen and oxygen atoms in total. The Morgan fingerprint density at radius 3 is 2.11 bits per heavy atom. The van der Waals surface area contributed by atoms with Crippen molar-refractivity contribution in [3.63, 3.8) is 0 Å². The predicted molar refractivity (Wildman–Crippen MR) is 106 cm³/mol. The Morgan fingerprint density at radius 2 is 1.71 bits per heavy atom. The van der Waals surface area contributed by atoms with Crippen LogP contribution in [-0.4, -0.2) is 67.3 Å². The average molecular weight is 419 g/mol. The second-order valence-corrected chi connectivity index (χ2v) is 7.15. The van der Waals surface area contributed by atoms with Gasteiger partial charge in [0.1, 0.15) is 12.6 Å². The third-order valence-electron chi connectivity index (χ3n) is 3.35. The molecule has 0 aliphatic rings. The van der Waals surface area contributed by atoms with E-state index in [1.165, 1.54) is 0 Å². The number of carbonyl (C=O) groups is 3. The van der Waals surface area contributed by atoms with Gasteiger partial charge < -0.3 is 30.0 Å². The molecular formula is C19H31ClN2O6. The van der Waals surface area contributed by atoms with E-state index in [2.05, 4.69) is 0 Å². The molecule has 0 aromatic heterocycles. The van der Waals surface area contributed by atoms with Crippen LogP contribution in [0.2, 0.25) is 0 Å². The van der Waals surface area contributed by atoms with Crippen LogP contribution in [0.5, 0.6) is 0 Å². The van der Waals surface area contributed by atoms with E-state index >= 15 is 0 Å². The summed E-state index contributed by atoms with van der Waals surface area (Å²) >= 11 is 0. The highest BCUT2D eigenvalue weighted by Gasteiger charge is 2.21. The fraction of sp³-hybridized carbons (Fsp3) is 0.526. The van der Waals surface area contributed by atoms with Gasteiger partial charge in [0.05, 0.1) is 21.1 Å². The molecule has 1 rings (SSSR count). The predicted octanol–water partition coefficient (Wildman–Crippen LogP) is 0.217. The van der Waals surface area contributed by atoms with Gasteiger partial charge in [-0.05, 0) is 12.0 Å². The van der Waals surface area contributed by atoms with E-state index in [1.807, 2.05) is 51.5 Å². The summed E-state index contributed by atoms with van der Waals surface area (Å²) in [5.41, 5.74) is 6.30. The van der Waals surface area contributed by atoms with Crippen molar-refractivity contribution in [1.29, 1.82) is 0 Å². The van der Waals surface area contributed by atoms with Crippen molar-refractivity contribution >= 4 is 30.3 Å². The molecule has 0 unspecified atom stereocenters. The van der Waals surface area contributed by atoms with Gasteiger partial charge in [-0.25, -0.2) is 0 Å². The molecule has 0 radical (unpaired) electrons. The molecule has 0 aliphatic heterocycles. The Labute approximate surface area is 172 Å². The maximum absolute atomic E-state index is 11.0. The Bertz CT molecular complexity index is 604. The van der Waals surface area contributed by atoms with E-state index in [4.69, 9.17) is 15.6 Å². The molecule has 9 heteroatoms. The van der Waals surface area contributed by atoms with Gasteiger partial charge in [-0.15, -0.1) is 12.4 Å². The minimum absolute atomic E-state index is 0. The second kappa shape index (κ2) is 13.9. The summed E-state index contributed by atoms with van der Waals surface area (Å²) in [5, 5.41) is 19.0. The van der Waals surface area contributed by atoms with Crippen molar-refractivity contribution in [2.45, 2.75) is 38.3 Å². The van der Waals surface area contributed by atoms with Gasteiger partial charge in [0.2, 0.25) is 0 Å². The van der Waals surface area contributed by atoms with E-state index in [0.29, 0.717) is 17.4 Å². The Hall–Kier alpha value is -2.16. The number of carboxylic acids is 2. The number of likely N-dealkylation sites (N-methyl/N-ethyl adjacent to an activating group) is 1. The first-order valence-electron chi connectivity index (χ1n) is 8.66. The standard InChI is InChI=1S/C10H19NO4.C9H11NO2.ClH/c1-5-10(14)15-8(6-9(12)13)7-11(2,3)4;10-8(9(11)12)6-7-4-2-1-3-5-7;/h8H,5-7H2,1-4H3;1-5,8H,6,10H2,(H,11,12);1H/t2*8-;/m10./s1. The quantitative estimate of drug-likeness (QED) is 0.433. The molecule has 0 saturated carbocycles. The van der Waals surface area contributed by atoms with E-state index < -0.39 is 24.1 Å². The zero-order chi connectivity index (χ0) is 21.0. The molecule has 1 aromatic rings. The van der Waals surface area contributed by atoms with Crippen LogP contribution in [0, 0.1) is 0 Å². The van der Waals surface area contributed by atoms with Crippen LogP contribution in [0.25, 0.3) is 0 Å². The van der Waals surface area contributed by atoms with Crippen molar-refractivity contribution in [2.75, 3.05) is 27.7 Å². The smallest absolute Gasteiger partial charge is 0.320 e. The highest BCUT2D eigenvalue weighted by molar-refractivity contribution is 5.85. The molecule has 0 aliphatic carbocycles. The monoisotopic (exact) mass is 418 g/mol. The second-order valence-electron chi connectivity index (χ2n) is 7.15. The molecule has 0 bridgehead atoms. The van der Waals surface area contributed by atoms with Gasteiger partial charge in [-0.3, -0.25) is 9.59 Å². The van der Waals surface area contributed by atoms with E-state index in [9.17, 15) is 19.5 Å². The number of nitrogens with zero attached hydrogens (tertiary/aromatic N) is 1. The SMILES string of the molecule is CCC(=O)O[C@H](CC(=O)[O-])C[N+](C)(C)C.Cl.N[C@@H](Cc1ccccc1)C(=O)O. The Balaban J connectivity index is 0. The first-order chi connectivity index (χ1) is 12.4. The lowest BCUT2D eigenvalue weighted by atomic mass is 10.1. The van der Waals surface area contributed by atoms with Crippen LogP contribution >= 0.6 is 12.4 Å². The van der Waals surface area contributed by atoms with Crippen molar-refractivity contribution in [3.8, 4) is 0 Å². The van der Waals surface area contributed by atoms with E-state index in [0.717, 1.165) is 5.56 Å². The van der Waals surface area contributed by atoms with Crippen LogP contribution in [-0.2, 0) is 25.5 Å². The minimum Gasteiger partial charge on any atom is -0.550 e. The number of aliphatic carboxylic acids is 2. The number of ether oxygens (including phenoxy) is 1. The zero-order valence-electron chi connectivity index (χ0n) is 16.8. The van der Waals surface area contributed by atoms with Crippen molar-refractivity contribution in [3.05, 3.63) is 35.9 Å². The van der Waals surface area contributed by atoms with Gasteiger partial charge in [-0.2, -0.15) is 0 Å². The van der Waals surface area contributed by atoms with Crippen LogP contribution in [0.15, 0.2) is 30.3 Å². The fourth-order valence-corrected chi connectivity index (χ4v) is 2.16. The summed E-state index contributed by atoms with van der Waals surface area (Å²) < 4.78 is 5.55. The molecule has 1 aromatic carbocycles. The summed E-state index contributed by atoms with van der Waals surface area (Å²) in [6.45, 7) is 2.13. The van der Waals surface area contributed by atoms with Gasteiger partial charge in [0.25, 0.3) is 0 Å². The maximum Gasteiger partial charge on any atom is 0.320 e. The fourth-order valence-electron chi connectivity index (χ4n) is 2.16. The summed E-state index contributed by atoms with van der Waals surface area (Å²) in [5.74, 6) is -2.54. The Morgan fingerprint density at radius 1 is 1.18 bits per heavy atom. The number of quaternary nitrogens is 1. The minimum atomic E-state index is -1.20. The van der Waals surface area contributed by atoms with Crippen molar-refractivity contribution in [1.82, 2.24) is 0 Å². The molecule has 0 fully saturated rings. The number of hydrogen-bond donors (Lipinski definition) is 2. The molecule has 0 amide bonds. The topological polar surface area (TPSA) is 130 Å². The number of nitrogens with two attached hydrogens (primary N) is 1. The van der Waals surface area contributed by atoms with Crippen molar-refractivity contribution in [2.24, 2.45) is 5.73 Å². The summed E-state index contributed by atoms with van der Waals surface area (Å²) in [6, 6.07) is 8.54. The van der Waals surface area contributed by atoms with Crippen LogP contribution in [0.4, 0.5) is 0 Å². The highest BCUT2D eigenvalue weighted by atomic mass is 35.5. The van der Waals surface area contributed by atoms with E-state index in [1.54, 1.807) is 6.92 Å². The first-order valence-corrected chi connectivity index (χ1v) is 8.66. The van der Waals surface area contributed by atoms with Gasteiger partial charge in [0, 0.05) is 18.8 Å². The lowest BCUT2D eigenvalue weighted by molar-refractivity contribution is -0.873. The molecule has 2 atom stereocenters. The van der Waals surface area contributed by atoms with Gasteiger partial charge in [-0.1, -0.05) is 37.3 Å². The van der Waals surface area contributed by atoms with E-state index in [-0.39, 0.29) is 31.2 Å². The molecule has 0 heterocycles. The first kappa shape index (κ1) is 28.1. The normalized spacial score (nSPS) is 12.5. The summed E-state index contributed by atoms with van der Waals surface area (Å²) in [7, 11) is 5.71. The molecular weight excluding hydrogens is 388 g/mol. The third-order valence-corrected chi connectivity index (χ3v) is 3.35. The lowest BCUT2D eigenvalue weighted by Gasteiger charge is -2.29. The van der Waals surface area contributed by atoms with Crippen molar-refractivity contribution < 1.29 is 33.8 Å². The highest BCUT2D eigenvalue weighted by Crippen LogP contribution is 2.05. The molecule has 28 heavy (non-hydrogen) atoms. The number of esters is 1. The summed E-state index contributed by atoms with van der Waals surface area (Å²) in [6.07, 6.45) is -0.222. The zero-order valence-corrected chi connectivity index (χ0v) is 17.6. The number of carbonyl (C=O) groups excluding carboxylic acids is 2. The number of halogens is 1. The number of rotatable bonds is 9. The maximum atomic E-state index is 11.0. The van der Waals surface area contributed by atoms with Gasteiger partial charge in [0.15, 0.2) is 6.10 Å². The van der Waals surface area contributed by atoms with Crippen LogP contribution < -0.4 is 10.8 Å². The van der Waals surface area contributed by atoms with Crippen LogP contribution in [0.3, 0.4) is 0 Å². The average Bonchev–Trinajstić information content (AvgIpc) is 2.53. The number of benzene rings is 1. The molecule has 0 saturated heterocycles. The Kier molecular flexibility index (Phi) is 14.0. The molecule has 3 N–H and O–H groups in total. The number of carboxylic acid groups (broad SMARTS) is 2. The lowest BCUT2D eigenvalue weighted by Crippen LogP contribution is -2.45. The molecule has 0 spiro atoms. The molecule has 160 valence electrons. The van der Waals surface area contributed by atoms with Crippen LogP contribution in [0.1, 0.15) is 25.3 Å².